The number of likely N-dealkylation sites (tertiary alicyclic amines) is 1. The highest BCUT2D eigenvalue weighted by atomic mass is 28.3. The fourth-order valence-electron chi connectivity index (χ4n) is 8.55. The monoisotopic (exact) mass is 860 g/mol. The number of ether oxygens (including phenoxy) is 1. The van der Waals surface area contributed by atoms with Crippen LogP contribution >= 0.6 is 0 Å². The number of imidazole rings is 2. The van der Waals surface area contributed by atoms with Crippen LogP contribution in [0.25, 0.3) is 44.2 Å². The molecule has 2 fully saturated rings. The lowest BCUT2D eigenvalue weighted by atomic mass is 9.98. The van der Waals surface area contributed by atoms with Crippen LogP contribution in [-0.4, -0.2) is 111 Å². The maximum atomic E-state index is 16.0. The summed E-state index contributed by atoms with van der Waals surface area (Å²) in [5, 5.41) is 16.2. The molecule has 0 aliphatic carbocycles. The molecular weight excluding hydrogens is 810 g/mol. The van der Waals surface area contributed by atoms with Crippen molar-refractivity contribution in [3.8, 4) is 22.4 Å². The molecule has 0 spiro atoms. The minimum atomic E-state index is -3.20. The number of alkyl carbamates (subject to hydrolysis) is 1. The van der Waals surface area contributed by atoms with Crippen molar-refractivity contribution in [2.24, 2.45) is 11.8 Å². The topological polar surface area (TPSA) is 186 Å². The number of hydrogen-bond donors (Lipinski definition) is 5. The lowest BCUT2D eigenvalue weighted by molar-refractivity contribution is -0.139. The van der Waals surface area contributed by atoms with Crippen LogP contribution in [0.5, 0.6) is 0 Å². The smallest absolute Gasteiger partial charge is 0.407 e. The van der Waals surface area contributed by atoms with Gasteiger partial charge in [-0.2, -0.15) is 0 Å². The van der Waals surface area contributed by atoms with Crippen LogP contribution in [0.1, 0.15) is 57.8 Å². The molecule has 5 N–H and O–H groups in total. The van der Waals surface area contributed by atoms with Crippen LogP contribution in [0.2, 0.25) is 19.1 Å². The van der Waals surface area contributed by atoms with E-state index in [4.69, 9.17) is 4.98 Å². The fourth-order valence-corrected chi connectivity index (χ4v) is 11.4. The number of carbonyl (C=O) groups excluding carboxylic acids is 4. The Kier molecular flexibility index (Phi) is 11.8. The summed E-state index contributed by atoms with van der Waals surface area (Å²) in [6.07, 6.45) is 0.473. The lowest BCUT2D eigenvalue weighted by Gasteiger charge is -2.30. The third kappa shape index (κ3) is 8.73. The minimum absolute atomic E-state index is 0.109. The van der Waals surface area contributed by atoms with Crippen molar-refractivity contribution >= 4 is 53.7 Å². The minimum Gasteiger partial charge on any atom is -0.453 e. The van der Waals surface area contributed by atoms with E-state index in [2.05, 4.69) is 43.4 Å². The van der Waals surface area contributed by atoms with Crippen LogP contribution in [0.15, 0.2) is 54.7 Å². The Morgan fingerprint density at radius 2 is 1.61 bits per heavy atom. The van der Waals surface area contributed by atoms with E-state index >= 15 is 4.39 Å². The van der Waals surface area contributed by atoms with Gasteiger partial charge in [0.15, 0.2) is 0 Å². The Morgan fingerprint density at radius 1 is 0.918 bits per heavy atom. The summed E-state index contributed by atoms with van der Waals surface area (Å²) in [6.45, 7) is 9.95. The van der Waals surface area contributed by atoms with Gasteiger partial charge in [0.1, 0.15) is 36.2 Å². The number of nitrogens with one attached hydrogen (secondary N) is 4. The van der Waals surface area contributed by atoms with Crippen LogP contribution in [-0.2, 0) is 19.1 Å². The number of hydrogen-bond acceptors (Lipinski definition) is 8. The highest BCUT2D eigenvalue weighted by Crippen LogP contribution is 2.42. The number of amides is 4. The molecule has 7 rings (SSSR count). The second-order valence-electron chi connectivity index (χ2n) is 17.6. The molecule has 4 atom stereocenters. The first-order chi connectivity index (χ1) is 28.8. The van der Waals surface area contributed by atoms with Crippen molar-refractivity contribution in [2.45, 2.75) is 83.3 Å². The molecule has 0 radical (unpaired) electrons. The average Bonchev–Trinajstić information content (AvgIpc) is 4.01. The van der Waals surface area contributed by atoms with Gasteiger partial charge in [0.05, 0.1) is 56.7 Å². The predicted octanol–water partition coefficient (Wildman–Crippen LogP) is 6.47. The van der Waals surface area contributed by atoms with Gasteiger partial charge in [-0.15, -0.1) is 0 Å². The van der Waals surface area contributed by atoms with Gasteiger partial charge >= 0.3 is 6.09 Å². The number of nitrogens with zero attached hydrogens (tertiary/aromatic N) is 4. The molecule has 2 aromatic heterocycles. The number of methoxy groups -OCH3 is 1. The molecule has 2 aliphatic heterocycles. The first kappa shape index (κ1) is 43.3. The molecule has 14 nitrogen and oxygen atoms in total. The van der Waals surface area contributed by atoms with Crippen LogP contribution in [0, 0.1) is 17.7 Å². The molecule has 3 aromatic carbocycles. The number of H-pyrrole nitrogens is 2. The molecule has 5 aromatic rings. The summed E-state index contributed by atoms with van der Waals surface area (Å²) in [5.41, 5.74) is 3.23. The summed E-state index contributed by atoms with van der Waals surface area (Å²) in [5.74, 6) is -5.10. The molecule has 2 aliphatic rings. The number of aromatic amines is 2. The number of halogens is 3. The number of fused-ring (bicyclic) bond motifs is 3. The van der Waals surface area contributed by atoms with Crippen LogP contribution < -0.4 is 10.6 Å². The highest BCUT2D eigenvalue weighted by Gasteiger charge is 2.50. The standard InChI is InChI=1S/C43H51F3N8O6Si/c1-22(2)35(50-34(56)18-55)41(58)54-21-61(6,7)19-33(54)39-48-30-13-10-25-14-24(8-12-28(25)37(30)51-39)27-11-9-26(15-29(27)44)31-17-47-38(49-31)32-16-43(45,46)20-53(32)40(57)36(23(3)4)52-42(59)60-5/h8-15,17,22-23,32-33,35-36,55H,16,18-21H2,1-7H3,(H,47,49)(H,48,51)(H,50,56)(H,52,59)/t32-,33-,35-,36-/m0/s1. The third-order valence-electron chi connectivity index (χ3n) is 11.7. The Morgan fingerprint density at radius 3 is 2.28 bits per heavy atom. The van der Waals surface area contributed by atoms with Gasteiger partial charge in [-0.3, -0.25) is 14.4 Å². The van der Waals surface area contributed by atoms with Crippen LogP contribution in [0.3, 0.4) is 0 Å². The Bertz CT molecular complexity index is 2510. The van der Waals surface area contributed by atoms with Crippen molar-refractivity contribution in [3.63, 3.8) is 0 Å². The SMILES string of the molecule is COC(=O)N[C@H](C(=O)N1CC(F)(F)C[C@H]1c1ncc(-c2ccc(-c3ccc4c(ccc5nc([C@@H]6C[Si](C)(C)CN6C(=O)[C@@H](NC(=O)CO)C(C)C)[nH]c54)c3)c(F)c2)[nH]1)C(C)C. The molecule has 0 saturated carbocycles. The normalized spacial score (nSPS) is 19.5. The summed E-state index contributed by atoms with van der Waals surface area (Å²) in [6, 6.07) is 11.5. The van der Waals surface area contributed by atoms with E-state index in [0.717, 1.165) is 34.3 Å². The maximum absolute atomic E-state index is 16.0. The molecular formula is C43H51F3N8O6Si. The molecule has 4 amide bonds. The maximum Gasteiger partial charge on any atom is 0.407 e. The van der Waals surface area contributed by atoms with Gasteiger partial charge in [-0.1, -0.05) is 71.1 Å². The second kappa shape index (κ2) is 16.6. The summed E-state index contributed by atoms with van der Waals surface area (Å²) >= 11 is 0. The molecule has 0 bridgehead atoms. The van der Waals surface area contributed by atoms with Crippen molar-refractivity contribution in [3.05, 3.63) is 72.2 Å². The Hall–Kier alpha value is -5.75. The lowest BCUT2D eigenvalue weighted by Crippen LogP contribution is -2.52. The van der Waals surface area contributed by atoms with E-state index in [1.54, 1.807) is 26.0 Å². The van der Waals surface area contributed by atoms with Gasteiger partial charge in [-0.25, -0.2) is 27.9 Å². The fraction of sp³-hybridized carbons (Fsp3) is 0.442. The van der Waals surface area contributed by atoms with E-state index in [1.807, 2.05) is 49.1 Å². The van der Waals surface area contributed by atoms with E-state index < -0.39 is 81.3 Å². The van der Waals surface area contributed by atoms with Gasteiger partial charge in [0.2, 0.25) is 17.7 Å². The zero-order chi connectivity index (χ0) is 44.1. The van der Waals surface area contributed by atoms with E-state index in [1.165, 1.54) is 12.3 Å². The highest BCUT2D eigenvalue weighted by molar-refractivity contribution is 6.78. The predicted molar refractivity (Wildman–Crippen MR) is 225 cm³/mol. The average molecular weight is 861 g/mol. The van der Waals surface area contributed by atoms with E-state index in [0.29, 0.717) is 39.9 Å². The molecule has 61 heavy (non-hydrogen) atoms. The number of benzene rings is 3. The third-order valence-corrected chi connectivity index (χ3v) is 14.3. The summed E-state index contributed by atoms with van der Waals surface area (Å²) < 4.78 is 50.3. The molecule has 0 unspecified atom stereocenters. The van der Waals surface area contributed by atoms with Gasteiger partial charge in [0.25, 0.3) is 5.92 Å². The van der Waals surface area contributed by atoms with E-state index in [-0.39, 0.29) is 23.7 Å². The Labute approximate surface area is 351 Å². The van der Waals surface area contributed by atoms with Gasteiger partial charge in [-0.05, 0) is 47.0 Å². The van der Waals surface area contributed by atoms with Crippen molar-refractivity contribution in [1.29, 1.82) is 0 Å². The molecule has 4 heterocycles. The van der Waals surface area contributed by atoms with Crippen molar-refractivity contribution in [1.82, 2.24) is 40.4 Å². The number of aromatic nitrogens is 4. The number of rotatable bonds is 11. The molecule has 324 valence electrons. The van der Waals surface area contributed by atoms with Gasteiger partial charge in [0, 0.05) is 29.1 Å². The van der Waals surface area contributed by atoms with Crippen molar-refractivity contribution in [2.75, 3.05) is 26.4 Å². The Balaban J connectivity index is 1.13. The second-order valence-corrected chi connectivity index (χ2v) is 22.6. The number of aliphatic hydroxyl groups is 1. The number of carbonyl (C=O) groups is 4. The largest absolute Gasteiger partial charge is 0.453 e. The number of aliphatic hydroxyl groups excluding tert-OH is 1. The first-order valence-electron chi connectivity index (χ1n) is 20.3. The van der Waals surface area contributed by atoms with Crippen LogP contribution in [0.4, 0.5) is 18.0 Å². The summed E-state index contributed by atoms with van der Waals surface area (Å²) in [4.78, 5) is 70.2. The zero-order valence-electron chi connectivity index (χ0n) is 35.1. The first-order valence-corrected chi connectivity index (χ1v) is 23.7. The number of alkyl halides is 2. The zero-order valence-corrected chi connectivity index (χ0v) is 36.1. The van der Waals surface area contributed by atoms with Crippen molar-refractivity contribution < 1.29 is 42.2 Å². The molecule has 18 heteroatoms. The quantitative estimate of drug-likeness (QED) is 0.0937. The van der Waals surface area contributed by atoms with Gasteiger partial charge < -0.3 is 40.2 Å². The molecule has 2 saturated heterocycles. The van der Waals surface area contributed by atoms with E-state index in [9.17, 15) is 33.1 Å². The summed E-state index contributed by atoms with van der Waals surface area (Å²) in [7, 11) is -0.717.